The lowest BCUT2D eigenvalue weighted by atomic mass is 9.71. The Balaban J connectivity index is 1.78. The van der Waals surface area contributed by atoms with Crippen molar-refractivity contribution < 1.29 is 19.7 Å². The van der Waals surface area contributed by atoms with E-state index in [1.54, 1.807) is 111 Å². The minimum Gasteiger partial charge on any atom is -0.378 e. The topological polar surface area (TPSA) is 58.9 Å². The number of hydrogen-bond acceptors (Lipinski definition) is 4. The van der Waals surface area contributed by atoms with Crippen LogP contribution in [-0.4, -0.2) is 28.2 Å². The Hall–Kier alpha value is -5.04. The summed E-state index contributed by atoms with van der Waals surface area (Å²) in [5.74, 6) is 9.24. The second-order valence-electron chi connectivity index (χ2n) is 10.9. The monoisotopic (exact) mass is 562 g/mol. The van der Waals surface area contributed by atoms with Gasteiger partial charge in [0.05, 0.1) is 0 Å². The van der Waals surface area contributed by atoms with Crippen LogP contribution in [0.3, 0.4) is 0 Å². The molecule has 0 aliphatic carbocycles. The number of terminal acetylenes is 4. The highest BCUT2D eigenvalue weighted by Gasteiger charge is 2.61. The molecule has 4 aromatic rings. The Bertz CT molecular complexity index is 1530. The van der Waals surface area contributed by atoms with Gasteiger partial charge in [0.15, 0.2) is 5.79 Å². The van der Waals surface area contributed by atoms with Gasteiger partial charge in [-0.3, -0.25) is 0 Å². The van der Waals surface area contributed by atoms with E-state index in [4.69, 9.17) is 35.2 Å². The molecule has 0 aromatic heterocycles. The molecule has 4 nitrogen and oxygen atoms in total. The van der Waals surface area contributed by atoms with Crippen molar-refractivity contribution in [3.63, 3.8) is 0 Å². The van der Waals surface area contributed by atoms with Crippen LogP contribution in [0.1, 0.15) is 58.4 Å². The summed E-state index contributed by atoms with van der Waals surface area (Å²) in [6, 6.07) is 28.0. The molecule has 4 aromatic carbocycles. The van der Waals surface area contributed by atoms with Crippen LogP contribution >= 0.6 is 0 Å². The lowest BCUT2D eigenvalue weighted by molar-refractivity contribution is -0.172. The number of benzene rings is 4. The quantitative estimate of drug-likeness (QED) is 0.313. The maximum atomic E-state index is 12.9. The summed E-state index contributed by atoms with van der Waals surface area (Å²) >= 11 is 0. The van der Waals surface area contributed by atoms with Crippen molar-refractivity contribution in [2.45, 2.75) is 43.0 Å². The number of ether oxygens (including phenoxy) is 2. The highest BCUT2D eigenvalue weighted by atomic mass is 16.8. The van der Waals surface area contributed by atoms with Crippen LogP contribution < -0.4 is 0 Å². The third-order valence-corrected chi connectivity index (χ3v) is 7.89. The second-order valence-corrected chi connectivity index (χ2v) is 10.9. The maximum absolute atomic E-state index is 12.9. The predicted molar refractivity (Wildman–Crippen MR) is 167 cm³/mol. The lowest BCUT2D eigenvalue weighted by Gasteiger charge is -2.42. The van der Waals surface area contributed by atoms with Gasteiger partial charge in [-0.25, -0.2) is 0 Å². The third kappa shape index (κ3) is 5.23. The van der Waals surface area contributed by atoms with Crippen LogP contribution in [0.5, 0.6) is 0 Å². The zero-order valence-corrected chi connectivity index (χ0v) is 23.9. The molecule has 0 unspecified atom stereocenters. The van der Waals surface area contributed by atoms with Crippen LogP contribution in [0.25, 0.3) is 0 Å². The maximum Gasteiger partial charge on any atom is 0.164 e. The largest absolute Gasteiger partial charge is 0.378 e. The molecule has 1 aliphatic rings. The van der Waals surface area contributed by atoms with E-state index >= 15 is 0 Å². The normalized spacial score (nSPS) is 17.7. The van der Waals surface area contributed by atoms with E-state index in [0.29, 0.717) is 44.5 Å². The van der Waals surface area contributed by atoms with E-state index < -0.39 is 29.2 Å². The minimum absolute atomic E-state index is 0.490. The Morgan fingerprint density at radius 2 is 0.698 bits per heavy atom. The minimum atomic E-state index is -1.83. The van der Waals surface area contributed by atoms with Gasteiger partial charge in [-0.05, 0) is 84.6 Å². The zero-order chi connectivity index (χ0) is 30.8. The molecule has 5 rings (SSSR count). The summed E-state index contributed by atoms with van der Waals surface area (Å²) < 4.78 is 13.1. The molecule has 1 heterocycles. The molecule has 1 saturated heterocycles. The molecule has 1 aliphatic heterocycles. The summed E-state index contributed by atoms with van der Waals surface area (Å²) in [5.41, 5.74) is 0.886. The van der Waals surface area contributed by atoms with Gasteiger partial charge in [-0.1, -0.05) is 72.2 Å². The fourth-order valence-corrected chi connectivity index (χ4v) is 5.64. The Kier molecular flexibility index (Phi) is 7.76. The van der Waals surface area contributed by atoms with Crippen LogP contribution in [-0.2, 0) is 20.7 Å². The molecule has 2 N–H and O–H groups in total. The highest BCUT2D eigenvalue weighted by Crippen LogP contribution is 2.50. The molecular formula is C39H30O4. The van der Waals surface area contributed by atoms with Gasteiger partial charge < -0.3 is 19.7 Å². The van der Waals surface area contributed by atoms with Gasteiger partial charge in [0.1, 0.15) is 23.4 Å². The lowest BCUT2D eigenvalue weighted by Crippen LogP contribution is -2.55. The highest BCUT2D eigenvalue weighted by molar-refractivity contribution is 5.49. The summed E-state index contributed by atoms with van der Waals surface area (Å²) in [5, 5.41) is 25.9. The van der Waals surface area contributed by atoms with Gasteiger partial charge in [-0.2, -0.15) is 0 Å². The number of rotatable bonds is 6. The van der Waals surface area contributed by atoms with Crippen molar-refractivity contribution >= 4 is 0 Å². The first-order chi connectivity index (χ1) is 20.6. The van der Waals surface area contributed by atoms with Crippen molar-refractivity contribution in [1.29, 1.82) is 0 Å². The smallest absolute Gasteiger partial charge is 0.164 e. The molecule has 2 atom stereocenters. The first kappa shape index (κ1) is 29.5. The molecule has 0 radical (unpaired) electrons. The molecule has 0 spiro atoms. The van der Waals surface area contributed by atoms with E-state index in [0.717, 1.165) is 0 Å². The molecule has 0 saturated carbocycles. The predicted octanol–water partition coefficient (Wildman–Crippen LogP) is 5.30. The van der Waals surface area contributed by atoms with Crippen LogP contribution in [0, 0.1) is 49.4 Å². The summed E-state index contributed by atoms with van der Waals surface area (Å²) in [6.45, 7) is 3.49. The summed E-state index contributed by atoms with van der Waals surface area (Å²) in [6.07, 6.45) is 20.2. The zero-order valence-electron chi connectivity index (χ0n) is 23.9. The molecule has 0 bridgehead atoms. The van der Waals surface area contributed by atoms with Crippen LogP contribution in [0.4, 0.5) is 0 Å². The standard InChI is InChI=1S/C39H30O4/c1-7-27-11-19-31(20-12-27)38(40,32-21-13-28(8-2)14-22-32)35-36(43-37(5,6)42-35)39(41,33-23-15-29(9-3)16-24-33)34-25-17-30(10-4)18-26-34/h1-4,11-26,35-36,40-41H,5-6H3/t35-,36-/m1/s1. The van der Waals surface area contributed by atoms with Crippen molar-refractivity contribution in [3.05, 3.63) is 142 Å². The van der Waals surface area contributed by atoms with E-state index in [1.165, 1.54) is 0 Å². The van der Waals surface area contributed by atoms with Gasteiger partial charge >= 0.3 is 0 Å². The van der Waals surface area contributed by atoms with E-state index in [-0.39, 0.29) is 0 Å². The first-order valence-corrected chi connectivity index (χ1v) is 13.7. The first-order valence-electron chi connectivity index (χ1n) is 13.7. The van der Waals surface area contributed by atoms with Gasteiger partial charge in [0, 0.05) is 22.3 Å². The van der Waals surface area contributed by atoms with Crippen molar-refractivity contribution in [3.8, 4) is 49.4 Å². The summed E-state index contributed by atoms with van der Waals surface area (Å²) in [7, 11) is 0. The molecule has 210 valence electrons. The van der Waals surface area contributed by atoms with E-state index in [9.17, 15) is 10.2 Å². The molecular weight excluding hydrogens is 532 g/mol. The van der Waals surface area contributed by atoms with Crippen molar-refractivity contribution in [2.24, 2.45) is 0 Å². The van der Waals surface area contributed by atoms with Gasteiger partial charge in [0.25, 0.3) is 0 Å². The fraction of sp³-hybridized carbons (Fsp3) is 0.179. The molecule has 4 heteroatoms. The van der Waals surface area contributed by atoms with Crippen LogP contribution in [0.2, 0.25) is 0 Å². The van der Waals surface area contributed by atoms with E-state index in [1.807, 2.05) is 0 Å². The number of aliphatic hydroxyl groups is 2. The van der Waals surface area contributed by atoms with Crippen molar-refractivity contribution in [1.82, 2.24) is 0 Å². The fourth-order valence-electron chi connectivity index (χ4n) is 5.64. The average molecular weight is 563 g/mol. The Morgan fingerprint density at radius 1 is 0.488 bits per heavy atom. The average Bonchev–Trinajstić information content (AvgIpc) is 3.40. The number of hydrogen-bond donors (Lipinski definition) is 2. The SMILES string of the molecule is C#Cc1ccc(C(O)(c2ccc(C#C)cc2)[C@@H]2OC(C)(C)O[C@H]2C(O)(c2ccc(C#C)cc2)c2ccc(C#C)cc2)cc1. The molecule has 1 fully saturated rings. The van der Waals surface area contributed by atoms with E-state index in [2.05, 4.69) is 23.7 Å². The summed E-state index contributed by atoms with van der Waals surface area (Å²) in [4.78, 5) is 0. The molecule has 0 amide bonds. The van der Waals surface area contributed by atoms with Gasteiger partial charge in [0.2, 0.25) is 0 Å². The van der Waals surface area contributed by atoms with Crippen LogP contribution in [0.15, 0.2) is 97.1 Å². The van der Waals surface area contributed by atoms with Gasteiger partial charge in [-0.15, -0.1) is 25.7 Å². The third-order valence-electron chi connectivity index (χ3n) is 7.89. The Morgan fingerprint density at radius 3 is 0.884 bits per heavy atom. The second kappa shape index (κ2) is 11.3. The molecule has 43 heavy (non-hydrogen) atoms. The Labute approximate surface area is 253 Å². The van der Waals surface area contributed by atoms with Crippen molar-refractivity contribution in [2.75, 3.05) is 0 Å².